The average molecular weight is 386 g/mol. The number of hydrazone groups is 1. The molecule has 0 aromatic heterocycles. The van der Waals surface area contributed by atoms with Crippen LogP contribution in [0.3, 0.4) is 0 Å². The number of nitrogens with zero attached hydrogens (tertiary/aromatic N) is 3. The van der Waals surface area contributed by atoms with Crippen molar-refractivity contribution >= 4 is 29.4 Å². The molecule has 28 heavy (non-hydrogen) atoms. The van der Waals surface area contributed by atoms with Crippen LogP contribution in [0.25, 0.3) is 0 Å². The Morgan fingerprint density at radius 3 is 2.75 bits per heavy atom. The number of aliphatic imine (C=N–C) groups is 1. The molecular formula is C19H26N6O3. The molecule has 0 aliphatic carbocycles. The topological polar surface area (TPSA) is 107 Å². The van der Waals surface area contributed by atoms with E-state index in [0.717, 1.165) is 28.9 Å². The summed E-state index contributed by atoms with van der Waals surface area (Å²) in [6, 6.07) is 5.73. The van der Waals surface area contributed by atoms with Gasteiger partial charge in [-0.2, -0.15) is 5.10 Å². The van der Waals surface area contributed by atoms with Crippen molar-refractivity contribution in [3.63, 3.8) is 0 Å². The molecule has 1 unspecified atom stereocenters. The molecule has 9 heteroatoms. The van der Waals surface area contributed by atoms with Gasteiger partial charge in [-0.25, -0.2) is 20.6 Å². The maximum Gasteiger partial charge on any atom is 0.426 e. The van der Waals surface area contributed by atoms with Gasteiger partial charge in [0.1, 0.15) is 5.60 Å². The van der Waals surface area contributed by atoms with E-state index in [-0.39, 0.29) is 11.9 Å². The highest BCUT2D eigenvalue weighted by atomic mass is 16.6. The molecule has 0 bridgehead atoms. The molecule has 0 spiro atoms. The second-order valence-corrected chi connectivity index (χ2v) is 7.81. The molecule has 2 heterocycles. The molecule has 3 N–H and O–H groups in total. The first-order valence-corrected chi connectivity index (χ1v) is 9.20. The number of hydrogen-bond donors (Lipinski definition) is 3. The summed E-state index contributed by atoms with van der Waals surface area (Å²) >= 11 is 0. The van der Waals surface area contributed by atoms with Gasteiger partial charge in [-0.1, -0.05) is 6.07 Å². The Kier molecular flexibility index (Phi) is 5.26. The molecule has 1 aromatic carbocycles. The molecule has 1 aromatic rings. The number of rotatable bonds is 1. The molecule has 0 saturated heterocycles. The van der Waals surface area contributed by atoms with Crippen LogP contribution < -0.4 is 21.2 Å². The van der Waals surface area contributed by atoms with E-state index in [4.69, 9.17) is 4.74 Å². The van der Waals surface area contributed by atoms with E-state index in [1.165, 1.54) is 0 Å². The Hall–Kier alpha value is -3.10. The van der Waals surface area contributed by atoms with Gasteiger partial charge in [0.2, 0.25) is 11.9 Å². The Labute approximate surface area is 164 Å². The molecule has 0 fully saturated rings. The van der Waals surface area contributed by atoms with Gasteiger partial charge >= 0.3 is 6.09 Å². The number of aryl methyl sites for hydroxylation is 1. The first-order chi connectivity index (χ1) is 13.1. The van der Waals surface area contributed by atoms with Gasteiger partial charge in [0.05, 0.1) is 11.8 Å². The van der Waals surface area contributed by atoms with Crippen molar-refractivity contribution in [3.8, 4) is 0 Å². The second kappa shape index (κ2) is 7.49. The van der Waals surface area contributed by atoms with Gasteiger partial charge in [0.15, 0.2) is 0 Å². The molecule has 9 nitrogen and oxygen atoms in total. The van der Waals surface area contributed by atoms with Crippen LogP contribution in [0.2, 0.25) is 0 Å². The lowest BCUT2D eigenvalue weighted by molar-refractivity contribution is -0.118. The standard InChI is InChI=1S/C19H26N6O3/c1-11-16(13-6-8-14-12(10-13)7-9-15(26)25(14)5)21-22-17(20-11)23-24-18(27)28-19(2,3)4/h6,8,10-11H,7,9H2,1-5H3,(H,24,27)(H2,20,22,23). The fraction of sp³-hybridized carbons (Fsp3) is 0.474. The molecule has 2 aliphatic heterocycles. The SMILES string of the molecule is CC1N=C(NNC(=O)OC(C)(C)C)NN=C1c1ccc2c(c1)CCC(=O)N2C. The lowest BCUT2D eigenvalue weighted by Crippen LogP contribution is -2.50. The number of nitrogens with one attached hydrogen (secondary N) is 3. The maximum absolute atomic E-state index is 11.8. The monoisotopic (exact) mass is 386 g/mol. The second-order valence-electron chi connectivity index (χ2n) is 7.81. The van der Waals surface area contributed by atoms with E-state index in [1.54, 1.807) is 32.7 Å². The van der Waals surface area contributed by atoms with Gasteiger partial charge in [0, 0.05) is 24.7 Å². The van der Waals surface area contributed by atoms with Crippen molar-refractivity contribution in [1.29, 1.82) is 0 Å². The number of hydrogen-bond acceptors (Lipinski definition) is 7. The third kappa shape index (κ3) is 4.41. The van der Waals surface area contributed by atoms with E-state index in [0.29, 0.717) is 12.4 Å². The zero-order valence-corrected chi connectivity index (χ0v) is 16.8. The van der Waals surface area contributed by atoms with E-state index in [2.05, 4.69) is 32.4 Å². The summed E-state index contributed by atoms with van der Waals surface area (Å²) in [6.45, 7) is 7.28. The van der Waals surface area contributed by atoms with Crippen molar-refractivity contribution in [2.75, 3.05) is 11.9 Å². The van der Waals surface area contributed by atoms with Gasteiger partial charge in [-0.05, 0) is 51.8 Å². The van der Waals surface area contributed by atoms with Crippen LogP contribution in [0.15, 0.2) is 28.3 Å². The van der Waals surface area contributed by atoms with Crippen molar-refractivity contribution in [3.05, 3.63) is 29.3 Å². The number of amides is 2. The minimum Gasteiger partial charge on any atom is -0.443 e. The van der Waals surface area contributed by atoms with E-state index >= 15 is 0 Å². The quantitative estimate of drug-likeness (QED) is 0.637. The van der Waals surface area contributed by atoms with Gasteiger partial charge in [-0.3, -0.25) is 10.2 Å². The first-order valence-electron chi connectivity index (χ1n) is 9.20. The van der Waals surface area contributed by atoms with Crippen molar-refractivity contribution in [1.82, 2.24) is 16.3 Å². The Balaban J connectivity index is 1.65. The summed E-state index contributed by atoms with van der Waals surface area (Å²) in [5, 5.41) is 4.40. The number of carbonyl (C=O) groups excluding carboxylic acids is 2. The zero-order valence-electron chi connectivity index (χ0n) is 16.8. The van der Waals surface area contributed by atoms with E-state index < -0.39 is 11.7 Å². The third-order valence-electron chi connectivity index (χ3n) is 4.40. The molecule has 0 saturated carbocycles. The minimum atomic E-state index is -0.604. The highest BCUT2D eigenvalue weighted by molar-refractivity contribution is 6.08. The number of guanidine groups is 1. The van der Waals surface area contributed by atoms with E-state index in [1.807, 2.05) is 19.1 Å². The molecule has 1 atom stereocenters. The first kappa shape index (κ1) is 19.7. The highest BCUT2D eigenvalue weighted by Gasteiger charge is 2.24. The smallest absolute Gasteiger partial charge is 0.426 e. The third-order valence-corrected chi connectivity index (χ3v) is 4.40. The number of benzene rings is 1. The minimum absolute atomic E-state index is 0.128. The predicted molar refractivity (Wildman–Crippen MR) is 107 cm³/mol. The number of anilines is 1. The van der Waals surface area contributed by atoms with Crippen LogP contribution in [0.1, 0.15) is 45.2 Å². The molecule has 150 valence electrons. The van der Waals surface area contributed by atoms with Crippen molar-refractivity contribution in [2.24, 2.45) is 10.1 Å². The summed E-state index contributed by atoms with van der Waals surface area (Å²) in [7, 11) is 1.79. The highest BCUT2D eigenvalue weighted by Crippen LogP contribution is 2.28. The number of fused-ring (bicyclic) bond motifs is 1. The van der Waals surface area contributed by atoms with Crippen LogP contribution >= 0.6 is 0 Å². The Morgan fingerprint density at radius 1 is 1.32 bits per heavy atom. The van der Waals surface area contributed by atoms with E-state index in [9.17, 15) is 9.59 Å². The predicted octanol–water partition coefficient (Wildman–Crippen LogP) is 1.68. The number of carbonyl (C=O) groups is 2. The summed E-state index contributed by atoms with van der Waals surface area (Å²) in [5.74, 6) is 0.452. The lowest BCUT2D eigenvalue weighted by atomic mass is 9.95. The summed E-state index contributed by atoms with van der Waals surface area (Å²) < 4.78 is 5.16. The summed E-state index contributed by atoms with van der Waals surface area (Å²) in [4.78, 5) is 29.7. The normalized spacial score (nSPS) is 19.1. The molecule has 2 aliphatic rings. The maximum atomic E-state index is 11.8. The lowest BCUT2D eigenvalue weighted by Gasteiger charge is -2.27. The fourth-order valence-electron chi connectivity index (χ4n) is 3.09. The molecular weight excluding hydrogens is 360 g/mol. The van der Waals surface area contributed by atoms with Gasteiger partial charge in [0.25, 0.3) is 0 Å². The zero-order chi connectivity index (χ0) is 20.5. The fourth-order valence-corrected chi connectivity index (χ4v) is 3.09. The molecule has 2 amide bonds. The van der Waals surface area contributed by atoms with Crippen LogP contribution in [0.4, 0.5) is 10.5 Å². The Morgan fingerprint density at radius 2 is 2.07 bits per heavy atom. The molecule has 0 radical (unpaired) electrons. The number of ether oxygens (including phenoxy) is 1. The van der Waals surface area contributed by atoms with Crippen LogP contribution in [-0.2, 0) is 16.0 Å². The van der Waals surface area contributed by atoms with Crippen LogP contribution in [0, 0.1) is 0 Å². The Bertz CT molecular complexity index is 856. The van der Waals surface area contributed by atoms with Crippen LogP contribution in [0.5, 0.6) is 0 Å². The summed E-state index contributed by atoms with van der Waals surface area (Å²) in [6.07, 6.45) is 0.625. The summed E-state index contributed by atoms with van der Waals surface area (Å²) in [5.41, 5.74) is 11.1. The van der Waals surface area contributed by atoms with Gasteiger partial charge in [-0.15, -0.1) is 0 Å². The molecule has 3 rings (SSSR count). The number of hydrazine groups is 1. The largest absolute Gasteiger partial charge is 0.443 e. The van der Waals surface area contributed by atoms with Crippen molar-refractivity contribution < 1.29 is 14.3 Å². The van der Waals surface area contributed by atoms with Gasteiger partial charge < -0.3 is 9.64 Å². The van der Waals surface area contributed by atoms with Crippen LogP contribution in [-0.4, -0.2) is 42.4 Å². The average Bonchev–Trinajstić information content (AvgIpc) is 2.61. The van der Waals surface area contributed by atoms with Crippen molar-refractivity contribution in [2.45, 2.75) is 52.2 Å².